The Labute approximate surface area is 176 Å². The molecule has 0 radical (unpaired) electrons. The summed E-state index contributed by atoms with van der Waals surface area (Å²) in [7, 11) is 0. The molecule has 9 heteroatoms. The summed E-state index contributed by atoms with van der Waals surface area (Å²) in [6, 6.07) is 8.27. The number of carbonyl (C=O) groups excluding carboxylic acids is 3. The second kappa shape index (κ2) is 6.66. The van der Waals surface area contributed by atoms with Gasteiger partial charge in [-0.2, -0.15) is 0 Å². The second-order valence-electron chi connectivity index (χ2n) is 8.26. The Morgan fingerprint density at radius 1 is 1.06 bits per heavy atom. The molecule has 5 atom stereocenters. The summed E-state index contributed by atoms with van der Waals surface area (Å²) in [5, 5.41) is 16.0. The molecule has 0 aromatic heterocycles. The SMILES string of the molecule is C[C@H](O)[C@H]1N[C@@]2(C(=O)Nc3ccc(F)cc32)[C@@H]2C(=O)N(Cc3ccc(F)cc3)C(=O)[C@H]12. The van der Waals surface area contributed by atoms with Gasteiger partial charge in [0.15, 0.2) is 0 Å². The van der Waals surface area contributed by atoms with Crippen molar-refractivity contribution in [3.8, 4) is 0 Å². The van der Waals surface area contributed by atoms with Gasteiger partial charge in [0.1, 0.15) is 17.2 Å². The Morgan fingerprint density at radius 2 is 1.74 bits per heavy atom. The molecule has 0 unspecified atom stereocenters. The van der Waals surface area contributed by atoms with E-state index < -0.39 is 58.9 Å². The number of halogens is 2. The molecule has 160 valence electrons. The Balaban J connectivity index is 1.61. The maximum absolute atomic E-state index is 14.1. The van der Waals surface area contributed by atoms with Gasteiger partial charge >= 0.3 is 0 Å². The maximum atomic E-state index is 14.1. The molecule has 2 saturated heterocycles. The zero-order valence-corrected chi connectivity index (χ0v) is 16.4. The number of nitrogens with zero attached hydrogens (tertiary/aromatic N) is 1. The number of carbonyl (C=O) groups is 3. The van der Waals surface area contributed by atoms with Crippen LogP contribution in [0.25, 0.3) is 0 Å². The number of hydrogen-bond acceptors (Lipinski definition) is 5. The van der Waals surface area contributed by atoms with E-state index in [1.807, 2.05) is 0 Å². The van der Waals surface area contributed by atoms with Gasteiger partial charge in [-0.1, -0.05) is 12.1 Å². The van der Waals surface area contributed by atoms with Crippen molar-refractivity contribution >= 4 is 23.4 Å². The highest BCUT2D eigenvalue weighted by molar-refractivity contribution is 6.15. The van der Waals surface area contributed by atoms with Crippen LogP contribution in [0.15, 0.2) is 42.5 Å². The monoisotopic (exact) mass is 427 g/mol. The highest BCUT2D eigenvalue weighted by Gasteiger charge is 2.71. The molecule has 0 saturated carbocycles. The minimum atomic E-state index is -1.67. The standard InChI is InChI=1S/C22H19F2N3O4/c1-10(28)18-16-17(20(30)27(19(16)29)9-11-2-4-12(23)5-3-11)22(26-18)14-8-13(24)6-7-15(14)25-21(22)31/h2-8,10,16-18,26,28H,9H2,1H3,(H,25,31)/t10-,16-,17-,18+,22+/m0/s1. The number of hydrogen-bond donors (Lipinski definition) is 3. The molecule has 2 fully saturated rings. The van der Waals surface area contributed by atoms with Crippen molar-refractivity contribution in [2.24, 2.45) is 11.8 Å². The fourth-order valence-corrected chi connectivity index (χ4v) is 5.11. The summed E-state index contributed by atoms with van der Waals surface area (Å²) in [5.74, 6) is -4.90. The zero-order chi connectivity index (χ0) is 22.1. The van der Waals surface area contributed by atoms with E-state index in [9.17, 15) is 28.3 Å². The first-order valence-electron chi connectivity index (χ1n) is 9.91. The number of likely N-dealkylation sites (tertiary alicyclic amines) is 1. The van der Waals surface area contributed by atoms with Crippen molar-refractivity contribution < 1.29 is 28.3 Å². The number of anilines is 1. The van der Waals surface area contributed by atoms with Crippen molar-refractivity contribution in [1.29, 1.82) is 0 Å². The van der Waals surface area contributed by atoms with Crippen molar-refractivity contribution in [3.63, 3.8) is 0 Å². The van der Waals surface area contributed by atoms with Crippen LogP contribution in [0.2, 0.25) is 0 Å². The van der Waals surface area contributed by atoms with E-state index in [4.69, 9.17) is 0 Å². The first kappa shape index (κ1) is 19.8. The lowest BCUT2D eigenvalue weighted by atomic mass is 9.76. The third kappa shape index (κ3) is 2.66. The lowest BCUT2D eigenvalue weighted by Gasteiger charge is -2.30. The Kier molecular flexibility index (Phi) is 4.25. The van der Waals surface area contributed by atoms with E-state index in [0.717, 1.165) is 4.90 Å². The van der Waals surface area contributed by atoms with Crippen LogP contribution in [-0.2, 0) is 26.5 Å². The van der Waals surface area contributed by atoms with Gasteiger partial charge in [-0.05, 0) is 42.8 Å². The van der Waals surface area contributed by atoms with Crippen molar-refractivity contribution in [1.82, 2.24) is 10.2 Å². The van der Waals surface area contributed by atoms with E-state index in [1.54, 1.807) is 0 Å². The molecule has 0 aliphatic carbocycles. The number of aliphatic hydroxyl groups excluding tert-OH is 1. The van der Waals surface area contributed by atoms with Gasteiger partial charge in [0.2, 0.25) is 17.7 Å². The summed E-state index contributed by atoms with van der Waals surface area (Å²) in [6.07, 6.45) is -1.06. The average molecular weight is 427 g/mol. The van der Waals surface area contributed by atoms with Crippen molar-refractivity contribution in [3.05, 3.63) is 65.2 Å². The average Bonchev–Trinajstić information content (AvgIpc) is 3.31. The molecule has 5 rings (SSSR count). The van der Waals surface area contributed by atoms with Crippen LogP contribution >= 0.6 is 0 Å². The molecule has 3 amide bonds. The molecule has 31 heavy (non-hydrogen) atoms. The molecule has 3 aliphatic heterocycles. The van der Waals surface area contributed by atoms with E-state index in [1.165, 1.54) is 49.4 Å². The number of amides is 3. The third-order valence-electron chi connectivity index (χ3n) is 6.48. The molecule has 7 nitrogen and oxygen atoms in total. The molecule has 0 bridgehead atoms. The molecule has 3 aliphatic rings. The van der Waals surface area contributed by atoms with Crippen LogP contribution in [0.5, 0.6) is 0 Å². The largest absolute Gasteiger partial charge is 0.392 e. The summed E-state index contributed by atoms with van der Waals surface area (Å²) in [4.78, 5) is 40.9. The molecule has 3 N–H and O–H groups in total. The Bertz CT molecular complexity index is 1120. The summed E-state index contributed by atoms with van der Waals surface area (Å²) >= 11 is 0. The number of aliphatic hydroxyl groups is 1. The predicted octanol–water partition coefficient (Wildman–Crippen LogP) is 1.27. The van der Waals surface area contributed by atoms with Gasteiger partial charge in [-0.3, -0.25) is 24.6 Å². The maximum Gasteiger partial charge on any atom is 0.250 e. The highest BCUT2D eigenvalue weighted by atomic mass is 19.1. The molecule has 2 aromatic rings. The molecule has 1 spiro atoms. The summed E-state index contributed by atoms with van der Waals surface area (Å²) in [6.45, 7) is 1.37. The fraction of sp³-hybridized carbons (Fsp3) is 0.318. The first-order chi connectivity index (χ1) is 14.7. The molecular weight excluding hydrogens is 408 g/mol. The lowest BCUT2D eigenvalue weighted by Crippen LogP contribution is -2.54. The van der Waals surface area contributed by atoms with Crippen LogP contribution in [0.3, 0.4) is 0 Å². The highest BCUT2D eigenvalue weighted by Crippen LogP contribution is 2.53. The van der Waals surface area contributed by atoms with Crippen LogP contribution in [0.4, 0.5) is 14.5 Å². The molecule has 2 aromatic carbocycles. The normalized spacial score (nSPS) is 30.0. The van der Waals surface area contributed by atoms with Crippen LogP contribution in [-0.4, -0.2) is 39.9 Å². The first-order valence-corrected chi connectivity index (χ1v) is 9.91. The van der Waals surface area contributed by atoms with Gasteiger partial charge in [-0.15, -0.1) is 0 Å². The second-order valence-corrected chi connectivity index (χ2v) is 8.26. The molecular formula is C22H19F2N3O4. The smallest absolute Gasteiger partial charge is 0.250 e. The van der Waals surface area contributed by atoms with Gasteiger partial charge in [0.05, 0.1) is 24.5 Å². The Morgan fingerprint density at radius 3 is 2.42 bits per heavy atom. The quantitative estimate of drug-likeness (QED) is 0.641. The number of benzene rings is 2. The summed E-state index contributed by atoms with van der Waals surface area (Å²) in [5.41, 5.74) is -0.545. The predicted molar refractivity (Wildman–Crippen MR) is 104 cm³/mol. The number of rotatable bonds is 3. The third-order valence-corrected chi connectivity index (χ3v) is 6.48. The number of imide groups is 1. The van der Waals surface area contributed by atoms with Gasteiger partial charge in [0.25, 0.3) is 0 Å². The zero-order valence-electron chi connectivity index (χ0n) is 16.4. The van der Waals surface area contributed by atoms with Gasteiger partial charge in [-0.25, -0.2) is 8.78 Å². The van der Waals surface area contributed by atoms with Gasteiger partial charge in [0, 0.05) is 17.3 Å². The van der Waals surface area contributed by atoms with Gasteiger partial charge < -0.3 is 10.4 Å². The number of nitrogens with one attached hydrogen (secondary N) is 2. The van der Waals surface area contributed by atoms with Crippen molar-refractivity contribution in [2.75, 3.05) is 5.32 Å². The van der Waals surface area contributed by atoms with Crippen LogP contribution < -0.4 is 10.6 Å². The summed E-state index contributed by atoms with van der Waals surface area (Å²) < 4.78 is 27.3. The van der Waals surface area contributed by atoms with Crippen molar-refractivity contribution in [2.45, 2.75) is 31.2 Å². The van der Waals surface area contributed by atoms with E-state index in [2.05, 4.69) is 10.6 Å². The number of fused-ring (bicyclic) bond motifs is 4. The topological polar surface area (TPSA) is 98.7 Å². The van der Waals surface area contributed by atoms with E-state index in [0.29, 0.717) is 11.3 Å². The Hall–Kier alpha value is -3.17. The fourth-order valence-electron chi connectivity index (χ4n) is 5.11. The van der Waals surface area contributed by atoms with Crippen LogP contribution in [0.1, 0.15) is 18.1 Å². The lowest BCUT2D eigenvalue weighted by molar-refractivity contribution is -0.143. The van der Waals surface area contributed by atoms with E-state index >= 15 is 0 Å². The minimum absolute atomic E-state index is 0.0921. The minimum Gasteiger partial charge on any atom is -0.392 e. The molecule has 3 heterocycles. The van der Waals surface area contributed by atoms with Crippen LogP contribution in [0, 0.1) is 23.5 Å². The van der Waals surface area contributed by atoms with E-state index in [-0.39, 0.29) is 12.1 Å².